The molecule has 0 aromatic heterocycles. The second-order valence-corrected chi connectivity index (χ2v) is 3.65. The van der Waals surface area contributed by atoms with E-state index in [4.69, 9.17) is 34.3 Å². The Labute approximate surface area is 98.2 Å². The predicted octanol–water partition coefficient (Wildman–Crippen LogP) is 1.66. The number of halogens is 1. The third-order valence-corrected chi connectivity index (χ3v) is 2.34. The first-order valence-electron chi connectivity index (χ1n) is 4.09. The van der Waals surface area contributed by atoms with Gasteiger partial charge in [-0.05, 0) is 17.7 Å². The molecular formula is C10H9ClNO2S. The zero-order chi connectivity index (χ0) is 11.4. The average Bonchev–Trinajstić information content (AvgIpc) is 2.21. The van der Waals surface area contributed by atoms with Gasteiger partial charge in [0.25, 0.3) is 0 Å². The Morgan fingerprint density at radius 3 is 2.93 bits per heavy atom. The first-order chi connectivity index (χ1) is 7.10. The fourth-order valence-electron chi connectivity index (χ4n) is 1.18. The number of thiocarbonyl (C=S) groups is 1. The molecule has 1 unspecified atom stereocenters. The third kappa shape index (κ3) is 2.75. The van der Waals surface area contributed by atoms with E-state index in [1.807, 2.05) is 0 Å². The molecule has 1 rings (SSSR count). The van der Waals surface area contributed by atoms with Crippen molar-refractivity contribution >= 4 is 35.1 Å². The van der Waals surface area contributed by atoms with Crippen LogP contribution in [0.4, 0.5) is 0 Å². The molecule has 0 saturated carbocycles. The smallest absolute Gasteiger partial charge is 0.153 e. The van der Waals surface area contributed by atoms with E-state index < -0.39 is 6.10 Å². The van der Waals surface area contributed by atoms with E-state index in [0.717, 1.165) is 0 Å². The molecule has 0 fully saturated rings. The minimum atomic E-state index is -0.699. The highest BCUT2D eigenvalue weighted by atomic mass is 35.5. The fourth-order valence-corrected chi connectivity index (χ4v) is 1.52. The summed E-state index contributed by atoms with van der Waals surface area (Å²) >= 11 is 10.6. The summed E-state index contributed by atoms with van der Waals surface area (Å²) in [5.74, 6) is 0. The Balaban J connectivity index is 3.27. The largest absolute Gasteiger partial charge is 0.389 e. The Hall–Kier alpha value is -0.970. The quantitative estimate of drug-likeness (QED) is 0.645. The molecule has 2 N–H and O–H groups in total. The lowest BCUT2D eigenvalue weighted by molar-refractivity contribution is -0.116. The summed E-state index contributed by atoms with van der Waals surface area (Å²) in [5, 5.41) is 0.391. The molecule has 15 heavy (non-hydrogen) atoms. The molecule has 0 aliphatic carbocycles. The van der Waals surface area contributed by atoms with E-state index in [9.17, 15) is 4.79 Å². The summed E-state index contributed by atoms with van der Waals surface area (Å²) in [7, 11) is 1.43. The molecule has 5 heteroatoms. The second-order valence-electron chi connectivity index (χ2n) is 2.81. The molecule has 0 aliphatic rings. The van der Waals surface area contributed by atoms with E-state index in [1.165, 1.54) is 7.11 Å². The van der Waals surface area contributed by atoms with Crippen LogP contribution in [-0.4, -0.2) is 18.4 Å². The number of carbonyl (C=O) groups excluding carboxylic acids is 1. The van der Waals surface area contributed by atoms with Gasteiger partial charge in [0.15, 0.2) is 6.29 Å². The summed E-state index contributed by atoms with van der Waals surface area (Å²) in [6.45, 7) is 0. The SMILES string of the molecule is COC(C=O)c1c[c]c(Cl)cc1C(N)=S. The van der Waals surface area contributed by atoms with Gasteiger partial charge in [-0.3, -0.25) is 0 Å². The predicted molar refractivity (Wildman–Crippen MR) is 62.0 cm³/mol. The van der Waals surface area contributed by atoms with Crippen molar-refractivity contribution in [1.82, 2.24) is 0 Å². The van der Waals surface area contributed by atoms with E-state index in [-0.39, 0.29) is 4.99 Å². The zero-order valence-corrected chi connectivity index (χ0v) is 9.56. The normalized spacial score (nSPS) is 12.1. The minimum Gasteiger partial charge on any atom is -0.389 e. The highest BCUT2D eigenvalue weighted by Crippen LogP contribution is 2.22. The number of hydrogen-bond donors (Lipinski definition) is 1. The lowest BCUT2D eigenvalue weighted by atomic mass is 10.0. The number of benzene rings is 1. The van der Waals surface area contributed by atoms with Gasteiger partial charge in [-0.2, -0.15) is 0 Å². The van der Waals surface area contributed by atoms with Gasteiger partial charge in [-0.1, -0.05) is 23.8 Å². The standard InChI is InChI=1S/C10H9ClNO2S/c1-14-9(5-13)7-3-2-6(11)4-8(7)10(12)15/h3-5,9H,1H3,(H2,12,15). The minimum absolute atomic E-state index is 0.171. The van der Waals surface area contributed by atoms with Crippen LogP contribution in [0.3, 0.4) is 0 Å². The number of methoxy groups -OCH3 is 1. The van der Waals surface area contributed by atoms with Crippen molar-refractivity contribution in [2.24, 2.45) is 5.73 Å². The molecule has 0 aliphatic heterocycles. The first kappa shape index (κ1) is 12.1. The Morgan fingerprint density at radius 1 is 1.80 bits per heavy atom. The van der Waals surface area contributed by atoms with Gasteiger partial charge in [0, 0.05) is 23.8 Å². The van der Waals surface area contributed by atoms with Crippen LogP contribution in [0.15, 0.2) is 12.1 Å². The Morgan fingerprint density at radius 2 is 2.47 bits per heavy atom. The van der Waals surface area contributed by atoms with E-state index >= 15 is 0 Å². The monoisotopic (exact) mass is 242 g/mol. The van der Waals surface area contributed by atoms with E-state index in [1.54, 1.807) is 12.1 Å². The van der Waals surface area contributed by atoms with Crippen LogP contribution in [0.25, 0.3) is 0 Å². The van der Waals surface area contributed by atoms with E-state index in [0.29, 0.717) is 22.4 Å². The van der Waals surface area contributed by atoms with Crippen LogP contribution >= 0.6 is 23.8 Å². The van der Waals surface area contributed by atoms with Crippen molar-refractivity contribution in [3.8, 4) is 0 Å². The van der Waals surface area contributed by atoms with Crippen LogP contribution in [0, 0.1) is 6.07 Å². The molecule has 0 heterocycles. The first-order valence-corrected chi connectivity index (χ1v) is 4.87. The number of carbonyl (C=O) groups is 1. The van der Waals surface area contributed by atoms with Crippen molar-refractivity contribution in [3.05, 3.63) is 34.3 Å². The molecule has 79 valence electrons. The topological polar surface area (TPSA) is 52.3 Å². The Bertz CT molecular complexity index is 395. The summed E-state index contributed by atoms with van der Waals surface area (Å²) in [5.41, 5.74) is 6.63. The summed E-state index contributed by atoms with van der Waals surface area (Å²) in [6, 6.07) is 5.87. The van der Waals surface area contributed by atoms with Crippen LogP contribution in [0.1, 0.15) is 17.2 Å². The van der Waals surface area contributed by atoms with Gasteiger partial charge in [-0.25, -0.2) is 0 Å². The maximum absolute atomic E-state index is 10.7. The maximum Gasteiger partial charge on any atom is 0.153 e. The lowest BCUT2D eigenvalue weighted by Crippen LogP contribution is -2.15. The molecule has 1 atom stereocenters. The molecular weight excluding hydrogens is 234 g/mol. The Kier molecular flexibility index (Phi) is 4.20. The van der Waals surface area contributed by atoms with Crippen molar-refractivity contribution in [2.45, 2.75) is 6.10 Å². The number of ether oxygens (including phenoxy) is 1. The summed E-state index contributed by atoms with van der Waals surface area (Å²) in [4.78, 5) is 10.9. The lowest BCUT2D eigenvalue weighted by Gasteiger charge is -2.13. The van der Waals surface area contributed by atoms with Crippen molar-refractivity contribution in [3.63, 3.8) is 0 Å². The maximum atomic E-state index is 10.7. The average molecular weight is 243 g/mol. The number of rotatable bonds is 4. The van der Waals surface area contributed by atoms with Gasteiger partial charge < -0.3 is 15.3 Å². The highest BCUT2D eigenvalue weighted by molar-refractivity contribution is 7.80. The fraction of sp³-hybridized carbons (Fsp3) is 0.200. The molecule has 1 aromatic rings. The second kappa shape index (κ2) is 5.21. The molecule has 0 bridgehead atoms. The molecule has 1 aromatic carbocycles. The highest BCUT2D eigenvalue weighted by Gasteiger charge is 2.15. The van der Waals surface area contributed by atoms with Crippen LogP contribution in [0.2, 0.25) is 5.02 Å². The van der Waals surface area contributed by atoms with Crippen LogP contribution in [0.5, 0.6) is 0 Å². The van der Waals surface area contributed by atoms with Gasteiger partial charge in [0.2, 0.25) is 0 Å². The van der Waals surface area contributed by atoms with Crippen molar-refractivity contribution in [1.29, 1.82) is 0 Å². The van der Waals surface area contributed by atoms with E-state index in [2.05, 4.69) is 6.07 Å². The van der Waals surface area contributed by atoms with Crippen LogP contribution < -0.4 is 5.73 Å². The van der Waals surface area contributed by atoms with Gasteiger partial charge in [0.1, 0.15) is 11.1 Å². The molecule has 0 spiro atoms. The molecule has 0 amide bonds. The molecule has 3 nitrogen and oxygen atoms in total. The third-order valence-electron chi connectivity index (χ3n) is 1.90. The van der Waals surface area contributed by atoms with Crippen molar-refractivity contribution < 1.29 is 9.53 Å². The van der Waals surface area contributed by atoms with Gasteiger partial charge in [-0.15, -0.1) is 0 Å². The van der Waals surface area contributed by atoms with Gasteiger partial charge in [0.05, 0.1) is 0 Å². The van der Waals surface area contributed by atoms with Gasteiger partial charge >= 0.3 is 0 Å². The number of aldehydes is 1. The van der Waals surface area contributed by atoms with Crippen LogP contribution in [-0.2, 0) is 9.53 Å². The zero-order valence-electron chi connectivity index (χ0n) is 7.99. The van der Waals surface area contributed by atoms with Crippen molar-refractivity contribution in [2.75, 3.05) is 7.11 Å². The summed E-state index contributed by atoms with van der Waals surface area (Å²) in [6.07, 6.45) is -0.0335. The number of hydrogen-bond acceptors (Lipinski definition) is 3. The molecule has 0 saturated heterocycles. The summed E-state index contributed by atoms with van der Waals surface area (Å²) < 4.78 is 4.97. The number of nitrogens with two attached hydrogens (primary N) is 1. The molecule has 1 radical (unpaired) electrons.